The van der Waals surface area contributed by atoms with Gasteiger partial charge in [0.15, 0.2) is 5.65 Å². The Bertz CT molecular complexity index is 1700. The van der Waals surface area contributed by atoms with Crippen molar-refractivity contribution >= 4 is 22.2 Å². The van der Waals surface area contributed by atoms with Crippen molar-refractivity contribution in [2.45, 2.75) is 19.1 Å². The minimum Gasteiger partial charge on any atom is -0.493 e. The van der Waals surface area contributed by atoms with E-state index in [4.69, 9.17) is 11.3 Å². The van der Waals surface area contributed by atoms with E-state index in [1.807, 2.05) is 0 Å². The van der Waals surface area contributed by atoms with Crippen molar-refractivity contribution in [2.24, 2.45) is 0 Å². The van der Waals surface area contributed by atoms with Crippen molar-refractivity contribution in [3.8, 4) is 11.7 Å². The molecule has 0 radical (unpaired) electrons. The quantitative estimate of drug-likeness (QED) is 0.386. The molecule has 0 saturated carbocycles. The molecule has 1 aliphatic heterocycles. The van der Waals surface area contributed by atoms with Gasteiger partial charge in [-0.15, -0.1) is 0 Å². The van der Waals surface area contributed by atoms with Crippen LogP contribution in [0.1, 0.15) is 18.0 Å². The normalized spacial score (nSPS) is 15.3. The summed E-state index contributed by atoms with van der Waals surface area (Å²) in [6.07, 6.45) is 3.34. The lowest BCUT2D eigenvalue weighted by molar-refractivity contribution is 0.255. The van der Waals surface area contributed by atoms with Crippen molar-refractivity contribution in [1.82, 2.24) is 28.7 Å². The fraction of sp³-hybridized carbons (Fsp3) is 0.174. The summed E-state index contributed by atoms with van der Waals surface area (Å²) in [5, 5.41) is 0. The Balaban J connectivity index is 1.61. The number of imidazole rings is 2. The van der Waals surface area contributed by atoms with Gasteiger partial charge < -0.3 is 4.74 Å². The Morgan fingerprint density at radius 2 is 1.94 bits per heavy atom. The predicted octanol–water partition coefficient (Wildman–Crippen LogP) is 3.46. The molecule has 0 unspecified atom stereocenters. The first-order chi connectivity index (χ1) is 16.5. The van der Waals surface area contributed by atoms with Crippen molar-refractivity contribution in [3.63, 3.8) is 0 Å². The van der Waals surface area contributed by atoms with Gasteiger partial charge in [-0.05, 0) is 30.3 Å². The zero-order valence-corrected chi connectivity index (χ0v) is 17.5. The SMILES string of the molecule is [C-]#[N+]Cn1c(=O)n([C@@H]2CCOc3ccc(F)cc32)c2nc(-n3cnc4ccc(F)cc43)ncc21. The molecule has 34 heavy (non-hydrogen) atoms. The Morgan fingerprint density at radius 1 is 1.12 bits per heavy atom. The third-order valence-electron chi connectivity index (χ3n) is 5.92. The molecule has 2 aromatic carbocycles. The first-order valence-electron chi connectivity index (χ1n) is 10.4. The first kappa shape index (κ1) is 20.0. The summed E-state index contributed by atoms with van der Waals surface area (Å²) in [6.45, 7) is 7.38. The third kappa shape index (κ3) is 2.96. The molecule has 0 spiro atoms. The van der Waals surface area contributed by atoms with Crippen LogP contribution >= 0.6 is 0 Å². The van der Waals surface area contributed by atoms with Crippen LogP contribution < -0.4 is 10.4 Å². The van der Waals surface area contributed by atoms with Crippen molar-refractivity contribution in [2.75, 3.05) is 6.61 Å². The molecule has 6 rings (SSSR count). The monoisotopic (exact) mass is 459 g/mol. The van der Waals surface area contributed by atoms with Crippen molar-refractivity contribution in [1.29, 1.82) is 0 Å². The van der Waals surface area contributed by atoms with Crippen LogP contribution in [0.4, 0.5) is 8.78 Å². The van der Waals surface area contributed by atoms with Gasteiger partial charge in [-0.3, -0.25) is 14.0 Å². The molecule has 3 aromatic heterocycles. The lowest BCUT2D eigenvalue weighted by atomic mass is 10.00. The highest BCUT2D eigenvalue weighted by Crippen LogP contribution is 2.36. The molecule has 0 amide bonds. The molecule has 1 atom stereocenters. The van der Waals surface area contributed by atoms with Crippen LogP contribution in [0.25, 0.3) is 33.0 Å². The van der Waals surface area contributed by atoms with Gasteiger partial charge in [-0.25, -0.2) is 34.7 Å². The number of rotatable bonds is 3. The smallest absolute Gasteiger partial charge is 0.336 e. The molecule has 9 nitrogen and oxygen atoms in total. The molecule has 4 heterocycles. The van der Waals surface area contributed by atoms with Crippen LogP contribution in [-0.4, -0.2) is 35.3 Å². The van der Waals surface area contributed by atoms with Crippen LogP contribution in [0.15, 0.2) is 53.7 Å². The second-order valence-electron chi connectivity index (χ2n) is 7.84. The highest BCUT2D eigenvalue weighted by Gasteiger charge is 2.29. The lowest BCUT2D eigenvalue weighted by Crippen LogP contribution is -2.31. The van der Waals surface area contributed by atoms with Crippen molar-refractivity contribution in [3.05, 3.63) is 88.0 Å². The van der Waals surface area contributed by atoms with Crippen molar-refractivity contribution < 1.29 is 13.5 Å². The fourth-order valence-corrected chi connectivity index (χ4v) is 4.41. The van der Waals surface area contributed by atoms with E-state index in [1.54, 1.807) is 6.07 Å². The zero-order valence-electron chi connectivity index (χ0n) is 17.5. The van der Waals surface area contributed by atoms with E-state index in [0.717, 1.165) is 0 Å². The van der Waals surface area contributed by atoms with Gasteiger partial charge in [0.25, 0.3) is 6.67 Å². The maximum absolute atomic E-state index is 14.1. The highest BCUT2D eigenvalue weighted by atomic mass is 19.1. The van der Waals surface area contributed by atoms with Gasteiger partial charge in [-0.2, -0.15) is 4.98 Å². The van der Waals surface area contributed by atoms with Gasteiger partial charge in [-0.1, -0.05) is 0 Å². The topological polar surface area (TPSA) is 84.1 Å². The Morgan fingerprint density at radius 3 is 2.79 bits per heavy atom. The molecular formula is C23H15F2N7O2. The van der Waals surface area contributed by atoms with Gasteiger partial charge in [0.2, 0.25) is 5.95 Å². The number of nitrogens with zero attached hydrogens (tertiary/aromatic N) is 7. The minimum absolute atomic E-state index is 0.181. The Labute approximate surface area is 190 Å². The van der Waals surface area contributed by atoms with Gasteiger partial charge >= 0.3 is 5.69 Å². The largest absolute Gasteiger partial charge is 0.493 e. The number of hydrogen-bond donors (Lipinski definition) is 0. The van der Waals surface area contributed by atoms with E-state index in [2.05, 4.69) is 19.8 Å². The predicted molar refractivity (Wildman–Crippen MR) is 118 cm³/mol. The van der Waals surface area contributed by atoms with Gasteiger partial charge in [0, 0.05) is 18.1 Å². The number of ether oxygens (including phenoxy) is 1. The summed E-state index contributed by atoms with van der Waals surface area (Å²) in [4.78, 5) is 30.0. The highest BCUT2D eigenvalue weighted by molar-refractivity contribution is 5.78. The summed E-state index contributed by atoms with van der Waals surface area (Å²) in [5.74, 6) is -0.215. The van der Waals surface area contributed by atoms with Crippen LogP contribution in [-0.2, 0) is 6.67 Å². The van der Waals surface area contributed by atoms with Gasteiger partial charge in [0.05, 0.1) is 29.9 Å². The number of benzene rings is 2. The van der Waals surface area contributed by atoms with E-state index in [-0.39, 0.29) is 18.3 Å². The number of fused-ring (bicyclic) bond motifs is 3. The standard InChI is InChI=1S/C23H15F2N7O2/c1-26-11-31-19-10-27-22(30-12-28-16-4-2-14(25)9-18(16)30)29-21(19)32(23(31)33)17-6-7-34-20-5-3-13(24)8-15(17)20/h2-5,8-10,12,17H,6-7,11H2/t17-/m1/s1. The molecule has 5 aromatic rings. The van der Waals surface area contributed by atoms with E-state index >= 15 is 0 Å². The summed E-state index contributed by atoms with van der Waals surface area (Å²) >= 11 is 0. The summed E-state index contributed by atoms with van der Waals surface area (Å²) < 4.78 is 37.9. The van der Waals surface area contributed by atoms with Crippen LogP contribution in [0, 0.1) is 18.2 Å². The Hall–Kier alpha value is -4.59. The molecule has 0 saturated heterocycles. The molecular weight excluding hydrogens is 444 g/mol. The summed E-state index contributed by atoms with van der Waals surface area (Å²) in [5.41, 5.74) is 1.73. The van der Waals surface area contributed by atoms with E-state index in [1.165, 1.54) is 56.6 Å². The first-order valence-corrected chi connectivity index (χ1v) is 10.4. The number of aromatic nitrogens is 6. The lowest BCUT2D eigenvalue weighted by Gasteiger charge is -2.26. The van der Waals surface area contributed by atoms with E-state index in [0.29, 0.717) is 40.9 Å². The zero-order chi connectivity index (χ0) is 23.4. The molecule has 1 aliphatic rings. The van der Waals surface area contributed by atoms with Crippen LogP contribution in [0.3, 0.4) is 0 Å². The van der Waals surface area contributed by atoms with Crippen LogP contribution in [0.5, 0.6) is 5.75 Å². The third-order valence-corrected chi connectivity index (χ3v) is 5.92. The summed E-state index contributed by atoms with van der Waals surface area (Å²) in [7, 11) is 0. The van der Waals surface area contributed by atoms with Crippen LogP contribution in [0.2, 0.25) is 0 Å². The molecule has 0 aliphatic carbocycles. The number of hydrogen-bond acceptors (Lipinski definition) is 5. The molecule has 0 fully saturated rings. The average molecular weight is 459 g/mol. The molecule has 11 heteroatoms. The molecule has 168 valence electrons. The second kappa shape index (κ2) is 7.48. The molecule has 0 N–H and O–H groups in total. The average Bonchev–Trinajstić information content (AvgIpc) is 3.37. The van der Waals surface area contributed by atoms with Gasteiger partial charge in [0.1, 0.15) is 29.2 Å². The second-order valence-corrected chi connectivity index (χ2v) is 7.84. The summed E-state index contributed by atoms with van der Waals surface area (Å²) in [6, 6.07) is 7.81. The van der Waals surface area contributed by atoms with E-state index < -0.39 is 23.4 Å². The number of halogens is 2. The Kier molecular flexibility index (Phi) is 4.41. The maximum atomic E-state index is 14.1. The molecule has 0 bridgehead atoms. The van der Waals surface area contributed by atoms with E-state index in [9.17, 15) is 13.6 Å². The fourth-order valence-electron chi connectivity index (χ4n) is 4.41. The maximum Gasteiger partial charge on any atom is 0.336 e. The minimum atomic E-state index is -0.554.